The highest BCUT2D eigenvalue weighted by molar-refractivity contribution is 7.08. The molecule has 0 fully saturated rings. The molecular weight excluding hydrogens is 254 g/mol. The Kier molecular flexibility index (Phi) is 6.27. The van der Waals surface area contributed by atoms with Crippen molar-refractivity contribution in [2.45, 2.75) is 39.0 Å². The van der Waals surface area contributed by atoms with Gasteiger partial charge < -0.3 is 10.4 Å². The van der Waals surface area contributed by atoms with Gasteiger partial charge in [0.15, 0.2) is 0 Å². The molecule has 0 aromatic carbocycles. The second-order valence-electron chi connectivity index (χ2n) is 3.86. The number of aromatic nitrogens is 2. The molecule has 1 aromatic rings. The summed E-state index contributed by atoms with van der Waals surface area (Å²) in [6.07, 6.45) is 3.11. The van der Waals surface area contributed by atoms with Gasteiger partial charge in [-0.15, -0.1) is 5.10 Å². The van der Waals surface area contributed by atoms with Crippen LogP contribution in [0.5, 0.6) is 0 Å². The fourth-order valence-corrected chi connectivity index (χ4v) is 2.14. The van der Waals surface area contributed by atoms with E-state index in [2.05, 4.69) is 14.9 Å². The number of unbranched alkanes of at least 4 members (excludes halogenated alkanes) is 2. The van der Waals surface area contributed by atoms with Gasteiger partial charge in [0, 0.05) is 13.0 Å². The summed E-state index contributed by atoms with van der Waals surface area (Å²) in [4.78, 5) is 22.6. The highest BCUT2D eigenvalue weighted by Crippen LogP contribution is 2.10. The van der Waals surface area contributed by atoms with Crippen LogP contribution in [0, 0.1) is 0 Å². The number of carboxylic acids is 1. The predicted molar refractivity (Wildman–Crippen MR) is 67.7 cm³/mol. The second-order valence-corrected chi connectivity index (χ2v) is 4.62. The van der Waals surface area contributed by atoms with Crippen LogP contribution in [0.4, 0.5) is 0 Å². The van der Waals surface area contributed by atoms with Crippen molar-refractivity contribution in [2.75, 3.05) is 6.54 Å². The first kappa shape index (κ1) is 14.6. The molecule has 2 N–H and O–H groups in total. The van der Waals surface area contributed by atoms with E-state index in [1.807, 2.05) is 6.92 Å². The van der Waals surface area contributed by atoms with Crippen LogP contribution in [0.15, 0.2) is 0 Å². The van der Waals surface area contributed by atoms with Gasteiger partial charge in [-0.3, -0.25) is 9.59 Å². The maximum atomic E-state index is 11.8. The summed E-state index contributed by atoms with van der Waals surface area (Å²) in [5.74, 6) is -0.914. The van der Waals surface area contributed by atoms with Crippen LogP contribution >= 0.6 is 11.5 Å². The van der Waals surface area contributed by atoms with Gasteiger partial charge in [0.25, 0.3) is 5.91 Å². The Hall–Kier alpha value is -1.50. The Morgan fingerprint density at radius 1 is 1.33 bits per heavy atom. The van der Waals surface area contributed by atoms with Gasteiger partial charge in [-0.05, 0) is 30.8 Å². The number of aliphatic carboxylic acids is 1. The zero-order valence-electron chi connectivity index (χ0n) is 10.3. The number of hydrogen-bond donors (Lipinski definition) is 2. The van der Waals surface area contributed by atoms with Crippen molar-refractivity contribution in [2.24, 2.45) is 0 Å². The molecule has 0 aliphatic heterocycles. The maximum Gasteiger partial charge on any atom is 0.303 e. The molecule has 0 unspecified atom stereocenters. The first-order valence-corrected chi connectivity index (χ1v) is 6.73. The normalized spacial score (nSPS) is 10.3. The summed E-state index contributed by atoms with van der Waals surface area (Å²) >= 11 is 1.10. The van der Waals surface area contributed by atoms with Gasteiger partial charge in [0.1, 0.15) is 4.88 Å². The number of hydrogen-bond acceptors (Lipinski definition) is 5. The van der Waals surface area contributed by atoms with Gasteiger partial charge in [-0.1, -0.05) is 17.8 Å². The Bertz CT molecular complexity index is 406. The van der Waals surface area contributed by atoms with Gasteiger partial charge in [0.2, 0.25) is 0 Å². The summed E-state index contributed by atoms with van der Waals surface area (Å²) in [7, 11) is 0. The molecule has 100 valence electrons. The van der Waals surface area contributed by atoms with Crippen molar-refractivity contribution in [1.82, 2.24) is 14.9 Å². The van der Waals surface area contributed by atoms with E-state index in [-0.39, 0.29) is 12.3 Å². The topological polar surface area (TPSA) is 92.2 Å². The standard InChI is InChI=1S/C11H17N3O3S/c1-2-8-10(18-14-13-8)11(17)12-7-5-3-4-6-9(15)16/h2-7H2,1H3,(H,12,17)(H,15,16). The lowest BCUT2D eigenvalue weighted by Gasteiger charge is -2.03. The van der Waals surface area contributed by atoms with Crippen molar-refractivity contribution in [1.29, 1.82) is 0 Å². The summed E-state index contributed by atoms with van der Waals surface area (Å²) in [5.41, 5.74) is 0.725. The highest BCUT2D eigenvalue weighted by atomic mass is 32.1. The fourth-order valence-electron chi connectivity index (χ4n) is 1.47. The molecule has 0 atom stereocenters. The predicted octanol–water partition coefficient (Wildman–Crippen LogP) is 1.48. The van der Waals surface area contributed by atoms with Gasteiger partial charge in [-0.2, -0.15) is 0 Å². The monoisotopic (exact) mass is 271 g/mol. The Labute approximate surface area is 110 Å². The third kappa shape index (κ3) is 4.79. The van der Waals surface area contributed by atoms with Crippen LogP contribution in [-0.4, -0.2) is 33.1 Å². The molecule has 7 heteroatoms. The minimum absolute atomic E-state index is 0.139. The van der Waals surface area contributed by atoms with Crippen LogP contribution in [0.1, 0.15) is 48.0 Å². The van der Waals surface area contributed by atoms with Crippen molar-refractivity contribution in [3.05, 3.63) is 10.6 Å². The lowest BCUT2D eigenvalue weighted by atomic mass is 10.2. The minimum atomic E-state index is -0.776. The molecule has 0 bridgehead atoms. The molecule has 1 heterocycles. The summed E-state index contributed by atoms with van der Waals surface area (Å²) in [5, 5.41) is 15.1. The van der Waals surface area contributed by atoms with Crippen LogP contribution in [-0.2, 0) is 11.2 Å². The SMILES string of the molecule is CCc1nnsc1C(=O)NCCCCCC(=O)O. The third-order valence-electron chi connectivity index (χ3n) is 2.45. The van der Waals surface area contributed by atoms with Crippen molar-refractivity contribution in [3.63, 3.8) is 0 Å². The van der Waals surface area contributed by atoms with Gasteiger partial charge in [-0.25, -0.2) is 0 Å². The van der Waals surface area contributed by atoms with E-state index in [0.717, 1.165) is 30.1 Å². The smallest absolute Gasteiger partial charge is 0.303 e. The Morgan fingerprint density at radius 2 is 2.11 bits per heavy atom. The molecule has 18 heavy (non-hydrogen) atoms. The van der Waals surface area contributed by atoms with Crippen LogP contribution < -0.4 is 5.32 Å². The number of rotatable bonds is 8. The van der Waals surface area contributed by atoms with Gasteiger partial charge >= 0.3 is 5.97 Å². The average molecular weight is 271 g/mol. The Morgan fingerprint density at radius 3 is 2.78 bits per heavy atom. The van der Waals surface area contributed by atoms with Crippen LogP contribution in [0.2, 0.25) is 0 Å². The zero-order chi connectivity index (χ0) is 13.4. The lowest BCUT2D eigenvalue weighted by molar-refractivity contribution is -0.137. The molecule has 0 spiro atoms. The lowest BCUT2D eigenvalue weighted by Crippen LogP contribution is -2.24. The minimum Gasteiger partial charge on any atom is -0.481 e. The van der Waals surface area contributed by atoms with Crippen molar-refractivity contribution < 1.29 is 14.7 Å². The summed E-state index contributed by atoms with van der Waals surface area (Å²) in [6.45, 7) is 2.49. The van der Waals surface area contributed by atoms with E-state index < -0.39 is 5.97 Å². The first-order valence-electron chi connectivity index (χ1n) is 5.96. The van der Waals surface area contributed by atoms with Crippen molar-refractivity contribution >= 4 is 23.4 Å². The molecule has 6 nitrogen and oxygen atoms in total. The number of aryl methyl sites for hydroxylation is 1. The van der Waals surface area contributed by atoms with E-state index in [9.17, 15) is 9.59 Å². The number of carboxylic acid groups (broad SMARTS) is 1. The molecule has 1 amide bonds. The molecule has 0 aliphatic carbocycles. The fraction of sp³-hybridized carbons (Fsp3) is 0.636. The number of nitrogens with zero attached hydrogens (tertiary/aromatic N) is 2. The van der Waals surface area contributed by atoms with E-state index in [1.54, 1.807) is 0 Å². The first-order chi connectivity index (χ1) is 8.65. The Balaban J connectivity index is 2.20. The quantitative estimate of drug-likeness (QED) is 0.699. The largest absolute Gasteiger partial charge is 0.481 e. The number of carbonyl (C=O) groups excluding carboxylic acids is 1. The molecule has 0 saturated heterocycles. The molecule has 1 aromatic heterocycles. The highest BCUT2D eigenvalue weighted by Gasteiger charge is 2.13. The van der Waals surface area contributed by atoms with E-state index in [0.29, 0.717) is 24.3 Å². The summed E-state index contributed by atoms with van der Waals surface area (Å²) in [6, 6.07) is 0. The van der Waals surface area contributed by atoms with Crippen LogP contribution in [0.25, 0.3) is 0 Å². The number of amides is 1. The zero-order valence-corrected chi connectivity index (χ0v) is 11.1. The third-order valence-corrected chi connectivity index (χ3v) is 3.22. The molecule has 0 radical (unpaired) electrons. The number of nitrogens with one attached hydrogen (secondary N) is 1. The molecule has 0 saturated carbocycles. The summed E-state index contributed by atoms with van der Waals surface area (Å²) < 4.78 is 3.76. The van der Waals surface area contributed by atoms with E-state index in [1.165, 1.54) is 0 Å². The van der Waals surface area contributed by atoms with Gasteiger partial charge in [0.05, 0.1) is 5.69 Å². The van der Waals surface area contributed by atoms with Crippen LogP contribution in [0.3, 0.4) is 0 Å². The molecule has 1 rings (SSSR count). The molecule has 0 aliphatic rings. The average Bonchev–Trinajstić information content (AvgIpc) is 2.81. The maximum absolute atomic E-state index is 11.8. The molecular formula is C11H17N3O3S. The number of carbonyl (C=O) groups is 2. The second kappa shape index (κ2) is 7.75. The van der Waals surface area contributed by atoms with E-state index in [4.69, 9.17) is 5.11 Å². The van der Waals surface area contributed by atoms with E-state index >= 15 is 0 Å². The van der Waals surface area contributed by atoms with Crippen molar-refractivity contribution in [3.8, 4) is 0 Å².